The minimum absolute atomic E-state index is 0.334. The molecule has 0 bridgehead atoms. The maximum atomic E-state index is 5.99. The first-order valence-electron chi connectivity index (χ1n) is 6.16. The highest BCUT2D eigenvalue weighted by molar-refractivity contribution is 14.1. The number of aromatic nitrogens is 2. The molecule has 1 aromatic rings. The van der Waals surface area contributed by atoms with Gasteiger partial charge in [-0.05, 0) is 48.3 Å². The van der Waals surface area contributed by atoms with Crippen molar-refractivity contribution in [3.8, 4) is 0 Å². The van der Waals surface area contributed by atoms with Crippen LogP contribution in [0.3, 0.4) is 0 Å². The minimum Gasteiger partial charge on any atom is -0.383 e. The summed E-state index contributed by atoms with van der Waals surface area (Å²) >= 11 is 2.27. The lowest BCUT2D eigenvalue weighted by atomic mass is 10.0. The predicted molar refractivity (Wildman–Crippen MR) is 73.9 cm³/mol. The molecule has 3 rings (SSSR count). The van der Waals surface area contributed by atoms with Crippen molar-refractivity contribution in [2.24, 2.45) is 0 Å². The predicted octanol–water partition coefficient (Wildman–Crippen LogP) is 2.43. The van der Waals surface area contributed by atoms with E-state index in [1.54, 1.807) is 0 Å². The molecule has 4 nitrogen and oxygen atoms in total. The fraction of sp³-hybridized carbons (Fsp3) is 0.667. The Morgan fingerprint density at radius 1 is 1.18 bits per heavy atom. The fourth-order valence-corrected chi connectivity index (χ4v) is 2.94. The molecule has 0 aromatic carbocycles. The largest absolute Gasteiger partial charge is 0.383 e. The van der Waals surface area contributed by atoms with Crippen molar-refractivity contribution in [2.45, 2.75) is 37.5 Å². The third-order valence-corrected chi connectivity index (χ3v) is 4.51. The first kappa shape index (κ1) is 11.6. The second-order valence-electron chi connectivity index (χ2n) is 4.85. The van der Waals surface area contributed by atoms with Gasteiger partial charge in [0.25, 0.3) is 0 Å². The molecule has 0 spiro atoms. The summed E-state index contributed by atoms with van der Waals surface area (Å²) in [6, 6.07) is 0. The first-order chi connectivity index (χ1) is 8.25. The molecular weight excluding hydrogens is 329 g/mol. The number of ether oxygens (including phenoxy) is 1. The fourth-order valence-electron chi connectivity index (χ4n) is 2.26. The summed E-state index contributed by atoms with van der Waals surface area (Å²) in [7, 11) is 0. The van der Waals surface area contributed by atoms with Crippen molar-refractivity contribution in [3.05, 3.63) is 15.1 Å². The van der Waals surface area contributed by atoms with Crippen LogP contribution in [0.4, 0.5) is 5.82 Å². The molecule has 5 heteroatoms. The molecule has 2 fully saturated rings. The van der Waals surface area contributed by atoms with E-state index in [4.69, 9.17) is 15.5 Å². The van der Waals surface area contributed by atoms with E-state index in [1.807, 2.05) is 0 Å². The maximum absolute atomic E-state index is 5.99. The van der Waals surface area contributed by atoms with Crippen molar-refractivity contribution >= 4 is 28.4 Å². The molecule has 2 N–H and O–H groups in total. The van der Waals surface area contributed by atoms with Gasteiger partial charge in [-0.1, -0.05) is 0 Å². The van der Waals surface area contributed by atoms with Crippen LogP contribution in [-0.4, -0.2) is 23.2 Å². The van der Waals surface area contributed by atoms with Crippen LogP contribution in [0.25, 0.3) is 0 Å². The van der Waals surface area contributed by atoms with E-state index in [9.17, 15) is 0 Å². The second-order valence-corrected chi connectivity index (χ2v) is 5.93. The molecule has 1 aromatic heterocycles. The van der Waals surface area contributed by atoms with Gasteiger partial charge in [0.1, 0.15) is 11.6 Å². The van der Waals surface area contributed by atoms with Crippen molar-refractivity contribution in [1.29, 1.82) is 0 Å². The van der Waals surface area contributed by atoms with Crippen molar-refractivity contribution in [2.75, 3.05) is 18.9 Å². The van der Waals surface area contributed by atoms with Crippen LogP contribution in [0, 0.1) is 3.57 Å². The molecular formula is C12H16IN3O. The number of nitrogens with two attached hydrogens (primary N) is 1. The average Bonchev–Trinajstić information content (AvgIpc) is 3.18. The monoisotopic (exact) mass is 345 g/mol. The van der Waals surface area contributed by atoms with Gasteiger partial charge in [0.2, 0.25) is 0 Å². The molecule has 1 saturated heterocycles. The Bertz CT molecular complexity index is 428. The van der Waals surface area contributed by atoms with Crippen LogP contribution < -0.4 is 5.73 Å². The molecule has 1 unspecified atom stereocenters. The molecule has 0 amide bonds. The van der Waals surface area contributed by atoms with E-state index in [1.165, 1.54) is 18.5 Å². The van der Waals surface area contributed by atoms with E-state index in [0.717, 1.165) is 35.4 Å². The Kier molecular flexibility index (Phi) is 3.21. The zero-order valence-corrected chi connectivity index (χ0v) is 11.8. The molecule has 0 radical (unpaired) electrons. The summed E-state index contributed by atoms with van der Waals surface area (Å²) in [5.41, 5.74) is 7.16. The molecule has 1 saturated carbocycles. The van der Waals surface area contributed by atoms with Gasteiger partial charge >= 0.3 is 0 Å². The number of anilines is 1. The quantitative estimate of drug-likeness (QED) is 0.837. The molecule has 1 aliphatic carbocycles. The normalized spacial score (nSPS) is 24.9. The van der Waals surface area contributed by atoms with Crippen LogP contribution in [0.15, 0.2) is 0 Å². The first-order valence-corrected chi connectivity index (χ1v) is 7.24. The zero-order valence-electron chi connectivity index (χ0n) is 9.66. The second kappa shape index (κ2) is 4.68. The van der Waals surface area contributed by atoms with Crippen LogP contribution >= 0.6 is 22.6 Å². The lowest BCUT2D eigenvalue weighted by Gasteiger charge is -2.21. The Morgan fingerprint density at radius 3 is 2.65 bits per heavy atom. The van der Waals surface area contributed by atoms with Gasteiger partial charge in [-0.2, -0.15) is 0 Å². The van der Waals surface area contributed by atoms with E-state index in [2.05, 4.69) is 27.6 Å². The average molecular weight is 345 g/mol. The van der Waals surface area contributed by atoms with Gasteiger partial charge in [-0.25, -0.2) is 9.97 Å². The Labute approximate surface area is 114 Å². The third-order valence-electron chi connectivity index (χ3n) is 3.41. The summed E-state index contributed by atoms with van der Waals surface area (Å²) in [5.74, 6) is 2.49. The third kappa shape index (κ3) is 2.40. The topological polar surface area (TPSA) is 61.0 Å². The van der Waals surface area contributed by atoms with Crippen LogP contribution in [0.5, 0.6) is 0 Å². The van der Waals surface area contributed by atoms with E-state index in [0.29, 0.717) is 17.7 Å². The molecule has 1 aliphatic heterocycles. The van der Waals surface area contributed by atoms with Crippen LogP contribution in [-0.2, 0) is 4.74 Å². The van der Waals surface area contributed by atoms with E-state index in [-0.39, 0.29) is 0 Å². The zero-order chi connectivity index (χ0) is 11.8. The Hall–Kier alpha value is -0.430. The Morgan fingerprint density at radius 2 is 2.00 bits per heavy atom. The van der Waals surface area contributed by atoms with Crippen molar-refractivity contribution < 1.29 is 4.74 Å². The van der Waals surface area contributed by atoms with Gasteiger partial charge in [0.15, 0.2) is 0 Å². The van der Waals surface area contributed by atoms with E-state index >= 15 is 0 Å². The molecule has 92 valence electrons. The van der Waals surface area contributed by atoms with Gasteiger partial charge < -0.3 is 10.5 Å². The molecule has 17 heavy (non-hydrogen) atoms. The van der Waals surface area contributed by atoms with Gasteiger partial charge in [-0.15, -0.1) is 0 Å². The lowest BCUT2D eigenvalue weighted by molar-refractivity contribution is 0.0780. The number of hydrogen-bond donors (Lipinski definition) is 1. The summed E-state index contributed by atoms with van der Waals surface area (Å²) in [4.78, 5) is 9.19. The molecule has 2 heterocycles. The molecule has 2 aliphatic rings. The number of nitrogen functional groups attached to an aromatic ring is 1. The number of hydrogen-bond acceptors (Lipinski definition) is 4. The van der Waals surface area contributed by atoms with Gasteiger partial charge in [0.05, 0.1) is 15.9 Å². The summed E-state index contributed by atoms with van der Waals surface area (Å²) in [6.45, 7) is 1.61. The van der Waals surface area contributed by atoms with Crippen LogP contribution in [0.1, 0.15) is 49.0 Å². The smallest absolute Gasteiger partial charge is 0.140 e. The number of nitrogens with zero attached hydrogens (tertiary/aromatic N) is 2. The minimum atomic E-state index is 0.334. The molecule has 1 atom stereocenters. The number of rotatable bonds is 2. The van der Waals surface area contributed by atoms with Gasteiger partial charge in [0, 0.05) is 18.4 Å². The summed E-state index contributed by atoms with van der Waals surface area (Å²) in [6.07, 6.45) is 4.70. The van der Waals surface area contributed by atoms with Crippen molar-refractivity contribution in [1.82, 2.24) is 9.97 Å². The van der Waals surface area contributed by atoms with E-state index < -0.39 is 0 Å². The highest BCUT2D eigenvalue weighted by Crippen LogP contribution is 2.42. The highest BCUT2D eigenvalue weighted by atomic mass is 127. The maximum Gasteiger partial charge on any atom is 0.140 e. The lowest BCUT2D eigenvalue weighted by Crippen LogP contribution is -2.19. The highest BCUT2D eigenvalue weighted by Gasteiger charge is 2.30. The Balaban J connectivity index is 1.93. The summed E-state index contributed by atoms with van der Waals surface area (Å²) in [5, 5.41) is 0. The number of halogens is 1. The summed E-state index contributed by atoms with van der Waals surface area (Å²) < 4.78 is 6.55. The SMILES string of the molecule is Nc1nc(C2CCCOC2)nc(C2CC2)c1I. The van der Waals surface area contributed by atoms with Crippen molar-refractivity contribution in [3.63, 3.8) is 0 Å². The standard InChI is InChI=1S/C12H16IN3O/c13-9-10(7-3-4-7)15-12(16-11(9)14)8-2-1-5-17-6-8/h7-8H,1-6H2,(H2,14,15,16). The van der Waals surface area contributed by atoms with Crippen LogP contribution in [0.2, 0.25) is 0 Å². The van der Waals surface area contributed by atoms with Gasteiger partial charge in [-0.3, -0.25) is 0 Å².